The van der Waals surface area contributed by atoms with E-state index in [1.54, 1.807) is 30.3 Å². The van der Waals surface area contributed by atoms with Crippen LogP contribution in [0.15, 0.2) is 63.8 Å². The largest absolute Gasteiger partial charge is 0.422 e. The minimum Gasteiger partial charge on any atom is -0.422 e. The van der Waals surface area contributed by atoms with Crippen molar-refractivity contribution in [2.75, 3.05) is 18.5 Å². The zero-order chi connectivity index (χ0) is 17.2. The Morgan fingerprint density at radius 3 is 2.48 bits per heavy atom. The van der Waals surface area contributed by atoms with E-state index in [0.29, 0.717) is 29.9 Å². The van der Waals surface area contributed by atoms with E-state index >= 15 is 0 Å². The highest BCUT2D eigenvalue weighted by Crippen LogP contribution is 2.24. The first-order chi connectivity index (χ1) is 12.2. The van der Waals surface area contributed by atoms with Crippen LogP contribution < -0.4 is 10.9 Å². The maximum Gasteiger partial charge on any atom is 0.349 e. The number of anilines is 1. The van der Waals surface area contributed by atoms with Crippen molar-refractivity contribution in [3.8, 4) is 0 Å². The minimum absolute atomic E-state index is 0.0368. The van der Waals surface area contributed by atoms with E-state index in [9.17, 15) is 9.59 Å². The Balaban J connectivity index is 1.55. The van der Waals surface area contributed by atoms with Crippen LogP contribution in [0.5, 0.6) is 0 Å². The highest BCUT2D eigenvalue weighted by molar-refractivity contribution is 6.05. The summed E-state index contributed by atoms with van der Waals surface area (Å²) in [4.78, 5) is 24.4. The molecule has 1 amide bonds. The van der Waals surface area contributed by atoms with Gasteiger partial charge in [0.05, 0.1) is 13.2 Å². The molecule has 126 valence electrons. The van der Waals surface area contributed by atoms with Crippen molar-refractivity contribution >= 4 is 22.6 Å². The summed E-state index contributed by atoms with van der Waals surface area (Å²) < 4.78 is 16.0. The Morgan fingerprint density at radius 2 is 1.72 bits per heavy atom. The molecule has 3 aromatic rings. The van der Waals surface area contributed by atoms with Crippen LogP contribution in [-0.4, -0.2) is 19.1 Å². The number of carbonyl (C=O) groups excluding carboxylic acids is 1. The number of hydrogen-bond donors (Lipinski definition) is 1. The number of benzene rings is 2. The highest BCUT2D eigenvalue weighted by atomic mass is 16.7. The van der Waals surface area contributed by atoms with Crippen molar-refractivity contribution in [3.05, 3.63) is 76.1 Å². The van der Waals surface area contributed by atoms with Gasteiger partial charge in [-0.1, -0.05) is 30.3 Å². The summed E-state index contributed by atoms with van der Waals surface area (Å²) >= 11 is 0. The van der Waals surface area contributed by atoms with Crippen molar-refractivity contribution in [2.45, 2.75) is 6.29 Å². The van der Waals surface area contributed by atoms with E-state index < -0.39 is 11.5 Å². The smallest absolute Gasteiger partial charge is 0.349 e. The number of carbonyl (C=O) groups is 1. The highest BCUT2D eigenvalue weighted by Gasteiger charge is 2.18. The van der Waals surface area contributed by atoms with E-state index in [0.717, 1.165) is 5.56 Å². The van der Waals surface area contributed by atoms with Gasteiger partial charge >= 0.3 is 5.63 Å². The monoisotopic (exact) mass is 337 g/mol. The second kappa shape index (κ2) is 6.51. The number of nitrogens with one attached hydrogen (secondary N) is 1. The summed E-state index contributed by atoms with van der Waals surface area (Å²) in [6, 6.07) is 15.7. The Labute approximate surface area is 143 Å². The molecule has 0 aliphatic carbocycles. The van der Waals surface area contributed by atoms with Crippen LogP contribution in [0, 0.1) is 0 Å². The standard InChI is InChI=1S/C19H15NO5/c21-17(15-11-13-3-1-2-4-16(13)25-18(15)22)20-14-7-5-12(6-8-14)19-23-9-10-24-19/h1-8,11,19H,9-10H2,(H,20,21). The van der Waals surface area contributed by atoms with Crippen LogP contribution in [0.25, 0.3) is 11.0 Å². The number of fused-ring (bicyclic) bond motifs is 1. The summed E-state index contributed by atoms with van der Waals surface area (Å²) in [5, 5.41) is 3.39. The molecule has 0 unspecified atom stereocenters. The lowest BCUT2D eigenvalue weighted by Gasteiger charge is -2.10. The van der Waals surface area contributed by atoms with Gasteiger partial charge in [-0.25, -0.2) is 4.79 Å². The van der Waals surface area contributed by atoms with Crippen LogP contribution in [0.3, 0.4) is 0 Å². The summed E-state index contributed by atoms with van der Waals surface area (Å²) in [6.07, 6.45) is -0.364. The summed E-state index contributed by atoms with van der Waals surface area (Å²) in [5.74, 6) is -0.513. The third-order valence-electron chi connectivity index (χ3n) is 3.95. The number of amides is 1. The fraction of sp³-hybridized carbons (Fsp3) is 0.158. The van der Waals surface area contributed by atoms with Crippen molar-refractivity contribution in [1.82, 2.24) is 0 Å². The molecule has 25 heavy (non-hydrogen) atoms. The molecule has 1 aliphatic heterocycles. The van der Waals surface area contributed by atoms with Crippen LogP contribution >= 0.6 is 0 Å². The molecule has 6 nitrogen and oxygen atoms in total. The van der Waals surface area contributed by atoms with E-state index in [1.807, 2.05) is 18.2 Å². The zero-order valence-corrected chi connectivity index (χ0v) is 13.2. The van der Waals surface area contributed by atoms with Crippen LogP contribution in [0.4, 0.5) is 5.69 Å². The third-order valence-corrected chi connectivity index (χ3v) is 3.95. The van der Waals surface area contributed by atoms with Gasteiger partial charge in [0.1, 0.15) is 11.1 Å². The Bertz CT molecular complexity index is 971. The topological polar surface area (TPSA) is 77.8 Å². The number of hydrogen-bond acceptors (Lipinski definition) is 5. The van der Waals surface area contributed by atoms with Crippen molar-refractivity contribution in [3.63, 3.8) is 0 Å². The molecule has 0 saturated carbocycles. The molecule has 0 radical (unpaired) electrons. The second-order valence-electron chi connectivity index (χ2n) is 5.63. The van der Waals surface area contributed by atoms with E-state index in [2.05, 4.69) is 5.32 Å². The van der Waals surface area contributed by atoms with Gasteiger partial charge in [-0.05, 0) is 24.3 Å². The second-order valence-corrected chi connectivity index (χ2v) is 5.63. The lowest BCUT2D eigenvalue weighted by atomic mass is 10.1. The first kappa shape index (κ1) is 15.6. The maximum atomic E-state index is 12.4. The van der Waals surface area contributed by atoms with Gasteiger partial charge in [-0.15, -0.1) is 0 Å². The summed E-state index contributed by atoms with van der Waals surface area (Å²) in [5.41, 5.74) is 1.19. The molecular formula is C19H15NO5. The molecule has 1 N–H and O–H groups in total. The first-order valence-electron chi connectivity index (χ1n) is 7.88. The minimum atomic E-state index is -0.666. The molecule has 0 atom stereocenters. The van der Waals surface area contributed by atoms with Gasteiger partial charge in [-0.2, -0.15) is 0 Å². The molecule has 2 heterocycles. The third kappa shape index (κ3) is 3.17. The van der Waals surface area contributed by atoms with Gasteiger partial charge < -0.3 is 19.2 Å². The fourth-order valence-corrected chi connectivity index (χ4v) is 2.69. The van der Waals surface area contributed by atoms with Crippen molar-refractivity contribution in [1.29, 1.82) is 0 Å². The first-order valence-corrected chi connectivity index (χ1v) is 7.88. The normalized spacial score (nSPS) is 14.7. The molecule has 1 aromatic heterocycles. The number of ether oxygens (including phenoxy) is 2. The molecule has 1 fully saturated rings. The molecular weight excluding hydrogens is 322 g/mol. The molecule has 6 heteroatoms. The van der Waals surface area contributed by atoms with Crippen LogP contribution in [0.2, 0.25) is 0 Å². The molecule has 0 spiro atoms. The lowest BCUT2D eigenvalue weighted by Crippen LogP contribution is -2.20. The predicted molar refractivity (Wildman–Crippen MR) is 91.5 cm³/mol. The molecule has 2 aromatic carbocycles. The van der Waals surface area contributed by atoms with Gasteiger partial charge in [0.15, 0.2) is 6.29 Å². The average molecular weight is 337 g/mol. The quantitative estimate of drug-likeness (QED) is 0.743. The predicted octanol–water partition coefficient (Wildman–Crippen LogP) is 3.09. The molecule has 4 rings (SSSR count). The zero-order valence-electron chi connectivity index (χ0n) is 13.2. The number of rotatable bonds is 3. The van der Waals surface area contributed by atoms with E-state index in [1.165, 1.54) is 6.07 Å². The van der Waals surface area contributed by atoms with Gasteiger partial charge in [0.2, 0.25) is 0 Å². The maximum absolute atomic E-state index is 12.4. The fourth-order valence-electron chi connectivity index (χ4n) is 2.69. The Morgan fingerprint density at radius 1 is 1.00 bits per heavy atom. The average Bonchev–Trinajstić information content (AvgIpc) is 3.16. The Hall–Kier alpha value is -2.96. The van der Waals surface area contributed by atoms with Crippen LogP contribution in [-0.2, 0) is 9.47 Å². The number of para-hydroxylation sites is 1. The summed E-state index contributed by atoms with van der Waals surface area (Å²) in [6.45, 7) is 1.14. The Kier molecular flexibility index (Phi) is 4.05. The molecule has 0 bridgehead atoms. The van der Waals surface area contributed by atoms with Crippen molar-refractivity contribution in [2.24, 2.45) is 0 Å². The SMILES string of the molecule is O=C(Nc1ccc(C2OCCO2)cc1)c1cc2ccccc2oc1=O. The van der Waals surface area contributed by atoms with E-state index in [4.69, 9.17) is 13.9 Å². The van der Waals surface area contributed by atoms with Gasteiger partial charge in [0.25, 0.3) is 5.91 Å². The lowest BCUT2D eigenvalue weighted by molar-refractivity contribution is -0.0441. The van der Waals surface area contributed by atoms with E-state index in [-0.39, 0.29) is 11.9 Å². The van der Waals surface area contributed by atoms with Crippen LogP contribution in [0.1, 0.15) is 22.2 Å². The van der Waals surface area contributed by atoms with Gasteiger partial charge in [-0.3, -0.25) is 4.79 Å². The summed E-state index contributed by atoms with van der Waals surface area (Å²) in [7, 11) is 0. The van der Waals surface area contributed by atoms with Gasteiger partial charge in [0, 0.05) is 16.6 Å². The van der Waals surface area contributed by atoms with Crippen molar-refractivity contribution < 1.29 is 18.7 Å². The molecule has 1 aliphatic rings. The molecule has 1 saturated heterocycles.